The lowest BCUT2D eigenvalue weighted by atomic mass is 10.2. The Kier molecular flexibility index (Phi) is 5.04. The van der Waals surface area contributed by atoms with Gasteiger partial charge in [-0.25, -0.2) is 9.59 Å². The van der Waals surface area contributed by atoms with E-state index in [2.05, 4.69) is 10.6 Å². The van der Waals surface area contributed by atoms with E-state index in [1.165, 1.54) is 0 Å². The third kappa shape index (κ3) is 4.06. The summed E-state index contributed by atoms with van der Waals surface area (Å²) in [6, 6.07) is -1.33. The van der Waals surface area contributed by atoms with E-state index in [1.807, 2.05) is 0 Å². The number of aliphatic hydroxyl groups is 1. The maximum Gasteiger partial charge on any atom is 0.326 e. The highest BCUT2D eigenvalue weighted by atomic mass is 16.4. The molecule has 2 amide bonds. The number of carbonyl (C=O) groups is 2. The highest BCUT2D eigenvalue weighted by Gasteiger charge is 2.22. The molecule has 1 rings (SSSR count). The molecule has 0 bridgehead atoms. The molecule has 0 aromatic rings. The van der Waals surface area contributed by atoms with Crippen LogP contribution in [0.25, 0.3) is 0 Å². The number of hydrogen-bond acceptors (Lipinski definition) is 3. The van der Waals surface area contributed by atoms with Crippen LogP contribution in [0.15, 0.2) is 0 Å². The summed E-state index contributed by atoms with van der Waals surface area (Å²) in [5.74, 6) is -1.13. The molecule has 0 saturated heterocycles. The van der Waals surface area contributed by atoms with E-state index in [-0.39, 0.29) is 19.1 Å². The van der Waals surface area contributed by atoms with Crippen molar-refractivity contribution in [2.24, 2.45) is 0 Å². The van der Waals surface area contributed by atoms with Crippen molar-refractivity contribution >= 4 is 12.0 Å². The van der Waals surface area contributed by atoms with Crippen LogP contribution >= 0.6 is 0 Å². The number of aliphatic carboxylic acids is 1. The molecule has 0 spiro atoms. The van der Waals surface area contributed by atoms with Gasteiger partial charge in [-0.15, -0.1) is 0 Å². The Morgan fingerprint density at radius 2 is 1.94 bits per heavy atom. The third-order valence-corrected chi connectivity index (χ3v) is 2.71. The van der Waals surface area contributed by atoms with Crippen LogP contribution in [0.3, 0.4) is 0 Å². The molecular weight excluding hydrogens is 212 g/mol. The van der Waals surface area contributed by atoms with Gasteiger partial charge in [-0.1, -0.05) is 12.8 Å². The largest absolute Gasteiger partial charge is 0.480 e. The van der Waals surface area contributed by atoms with Gasteiger partial charge in [0.05, 0.1) is 0 Å². The lowest BCUT2D eigenvalue weighted by Crippen LogP contribution is -2.48. The summed E-state index contributed by atoms with van der Waals surface area (Å²) in [5, 5.41) is 22.5. The summed E-state index contributed by atoms with van der Waals surface area (Å²) < 4.78 is 0. The van der Waals surface area contributed by atoms with Gasteiger partial charge in [-0.2, -0.15) is 0 Å². The first-order valence-corrected chi connectivity index (χ1v) is 5.54. The number of aliphatic hydroxyl groups excluding tert-OH is 1. The van der Waals surface area contributed by atoms with Crippen molar-refractivity contribution in [1.82, 2.24) is 10.6 Å². The summed E-state index contributed by atoms with van der Waals surface area (Å²) in [4.78, 5) is 22.1. The highest BCUT2D eigenvalue weighted by molar-refractivity contribution is 5.82. The van der Waals surface area contributed by atoms with Gasteiger partial charge in [0, 0.05) is 19.1 Å². The van der Waals surface area contributed by atoms with Crippen molar-refractivity contribution < 1.29 is 19.8 Å². The quantitative estimate of drug-likeness (QED) is 0.537. The highest BCUT2D eigenvalue weighted by Crippen LogP contribution is 2.17. The SMILES string of the molecule is O=C(NC1CCCC1)N[C@@H](CCO)C(=O)O. The molecule has 0 unspecified atom stereocenters. The monoisotopic (exact) mass is 230 g/mol. The van der Waals surface area contributed by atoms with Crippen LogP contribution in [0.5, 0.6) is 0 Å². The molecule has 16 heavy (non-hydrogen) atoms. The van der Waals surface area contributed by atoms with E-state index in [1.54, 1.807) is 0 Å². The van der Waals surface area contributed by atoms with Crippen molar-refractivity contribution in [2.45, 2.75) is 44.2 Å². The molecular formula is C10H18N2O4. The normalized spacial score (nSPS) is 18.1. The minimum absolute atomic E-state index is 0.0213. The maximum absolute atomic E-state index is 11.4. The second-order valence-electron chi connectivity index (χ2n) is 4.00. The maximum atomic E-state index is 11.4. The van der Waals surface area contributed by atoms with Crippen LogP contribution in [0.4, 0.5) is 4.79 Å². The summed E-state index contributed by atoms with van der Waals surface area (Å²) in [6.45, 7) is -0.263. The van der Waals surface area contributed by atoms with E-state index in [9.17, 15) is 9.59 Å². The molecule has 6 nitrogen and oxygen atoms in total. The van der Waals surface area contributed by atoms with E-state index < -0.39 is 18.0 Å². The smallest absolute Gasteiger partial charge is 0.326 e. The topological polar surface area (TPSA) is 98.7 Å². The van der Waals surface area contributed by atoms with Gasteiger partial charge in [0.1, 0.15) is 6.04 Å². The average molecular weight is 230 g/mol. The lowest BCUT2D eigenvalue weighted by molar-refractivity contribution is -0.139. The molecule has 92 valence electrons. The number of urea groups is 1. The fourth-order valence-corrected chi connectivity index (χ4v) is 1.84. The van der Waals surface area contributed by atoms with Gasteiger partial charge in [0.2, 0.25) is 0 Å². The van der Waals surface area contributed by atoms with Gasteiger partial charge in [0.15, 0.2) is 0 Å². The standard InChI is InChI=1S/C10H18N2O4/c13-6-5-8(9(14)15)12-10(16)11-7-3-1-2-4-7/h7-8,13H,1-6H2,(H,14,15)(H2,11,12,16)/t8-/m0/s1. The summed E-state index contributed by atoms with van der Waals surface area (Å²) in [6.07, 6.45) is 4.12. The zero-order chi connectivity index (χ0) is 12.0. The number of rotatable bonds is 5. The Bertz CT molecular complexity index is 251. The number of nitrogens with one attached hydrogen (secondary N) is 2. The number of hydrogen-bond donors (Lipinski definition) is 4. The number of amides is 2. The molecule has 0 aromatic carbocycles. The fraction of sp³-hybridized carbons (Fsp3) is 0.800. The average Bonchev–Trinajstić information content (AvgIpc) is 2.69. The predicted octanol–water partition coefficient (Wildman–Crippen LogP) is 0.0638. The van der Waals surface area contributed by atoms with Crippen molar-refractivity contribution in [2.75, 3.05) is 6.61 Å². The van der Waals surface area contributed by atoms with Crippen LogP contribution < -0.4 is 10.6 Å². The molecule has 0 radical (unpaired) electrons. The molecule has 1 aliphatic carbocycles. The Morgan fingerprint density at radius 1 is 1.31 bits per heavy atom. The second-order valence-corrected chi connectivity index (χ2v) is 4.00. The van der Waals surface area contributed by atoms with Crippen LogP contribution in [0.2, 0.25) is 0 Å². The molecule has 1 atom stereocenters. The Labute approximate surface area is 94.0 Å². The van der Waals surface area contributed by atoms with E-state index in [0.717, 1.165) is 25.7 Å². The zero-order valence-electron chi connectivity index (χ0n) is 9.11. The minimum atomic E-state index is -1.13. The molecule has 1 saturated carbocycles. The Hall–Kier alpha value is -1.30. The van der Waals surface area contributed by atoms with Gasteiger partial charge >= 0.3 is 12.0 Å². The molecule has 1 aliphatic rings. The summed E-state index contributed by atoms with van der Waals surface area (Å²) >= 11 is 0. The van der Waals surface area contributed by atoms with Gasteiger partial charge < -0.3 is 20.8 Å². The number of carboxylic acid groups (broad SMARTS) is 1. The van der Waals surface area contributed by atoms with Crippen LogP contribution in [0.1, 0.15) is 32.1 Å². The van der Waals surface area contributed by atoms with E-state index in [4.69, 9.17) is 10.2 Å². The second kappa shape index (κ2) is 6.32. The molecule has 1 fully saturated rings. The first-order valence-electron chi connectivity index (χ1n) is 5.54. The molecule has 4 N–H and O–H groups in total. The van der Waals surface area contributed by atoms with Crippen LogP contribution in [0, 0.1) is 0 Å². The first kappa shape index (κ1) is 12.8. The molecule has 0 aromatic heterocycles. The predicted molar refractivity (Wildman–Crippen MR) is 57.1 cm³/mol. The Balaban J connectivity index is 2.32. The summed E-state index contributed by atoms with van der Waals surface area (Å²) in [5.41, 5.74) is 0. The summed E-state index contributed by atoms with van der Waals surface area (Å²) in [7, 11) is 0. The van der Waals surface area contributed by atoms with E-state index >= 15 is 0 Å². The number of carboxylic acids is 1. The zero-order valence-corrected chi connectivity index (χ0v) is 9.11. The first-order chi connectivity index (χ1) is 7.63. The molecule has 6 heteroatoms. The van der Waals surface area contributed by atoms with Crippen molar-refractivity contribution in [3.05, 3.63) is 0 Å². The van der Waals surface area contributed by atoms with Crippen molar-refractivity contribution in [1.29, 1.82) is 0 Å². The third-order valence-electron chi connectivity index (χ3n) is 2.71. The van der Waals surface area contributed by atoms with Crippen molar-refractivity contribution in [3.8, 4) is 0 Å². The lowest BCUT2D eigenvalue weighted by Gasteiger charge is -2.17. The van der Waals surface area contributed by atoms with Crippen molar-refractivity contribution in [3.63, 3.8) is 0 Å². The number of carbonyl (C=O) groups excluding carboxylic acids is 1. The van der Waals surface area contributed by atoms with Crippen LogP contribution in [-0.4, -0.2) is 40.9 Å². The van der Waals surface area contributed by atoms with E-state index in [0.29, 0.717) is 0 Å². The fourth-order valence-electron chi connectivity index (χ4n) is 1.84. The van der Waals surface area contributed by atoms with Gasteiger partial charge in [-0.3, -0.25) is 0 Å². The minimum Gasteiger partial charge on any atom is -0.480 e. The Morgan fingerprint density at radius 3 is 2.44 bits per heavy atom. The van der Waals surface area contributed by atoms with Gasteiger partial charge in [-0.05, 0) is 12.8 Å². The van der Waals surface area contributed by atoms with Crippen LogP contribution in [-0.2, 0) is 4.79 Å². The molecule has 0 heterocycles. The van der Waals surface area contributed by atoms with Gasteiger partial charge in [0.25, 0.3) is 0 Å². The molecule has 0 aliphatic heterocycles.